The Morgan fingerprint density at radius 2 is 2.00 bits per heavy atom. The van der Waals surface area contributed by atoms with Gasteiger partial charge in [0.2, 0.25) is 5.91 Å². The molecule has 0 aromatic heterocycles. The molecule has 2 aliphatic rings. The largest absolute Gasteiger partial charge is 0.359 e. The lowest BCUT2D eigenvalue weighted by atomic mass is 9.96. The molecule has 1 aliphatic carbocycles. The van der Waals surface area contributed by atoms with Crippen LogP contribution in [0.25, 0.3) is 0 Å². The second-order valence-corrected chi connectivity index (χ2v) is 6.67. The number of thioether (sulfide) groups is 1. The summed E-state index contributed by atoms with van der Waals surface area (Å²) < 4.78 is 0. The zero-order chi connectivity index (χ0) is 13.9. The molecule has 1 aromatic rings. The van der Waals surface area contributed by atoms with Gasteiger partial charge in [0.25, 0.3) is 0 Å². The van der Waals surface area contributed by atoms with E-state index in [0.29, 0.717) is 16.9 Å². The second kappa shape index (κ2) is 6.14. The topological polar surface area (TPSA) is 32.3 Å². The van der Waals surface area contributed by atoms with Gasteiger partial charge < -0.3 is 5.32 Å². The highest BCUT2D eigenvalue weighted by molar-refractivity contribution is 8.00. The van der Waals surface area contributed by atoms with E-state index in [1.54, 1.807) is 16.7 Å². The number of carbonyl (C=O) groups is 1. The van der Waals surface area contributed by atoms with Crippen LogP contribution in [0.4, 0.5) is 5.69 Å². The summed E-state index contributed by atoms with van der Waals surface area (Å²) in [6.45, 7) is 0. The summed E-state index contributed by atoms with van der Waals surface area (Å²) in [7, 11) is 0. The molecule has 0 radical (unpaired) electrons. The van der Waals surface area contributed by atoms with Crippen LogP contribution in [-0.4, -0.2) is 22.8 Å². The van der Waals surface area contributed by atoms with Crippen molar-refractivity contribution < 1.29 is 4.79 Å². The molecule has 0 bridgehead atoms. The van der Waals surface area contributed by atoms with Gasteiger partial charge in [0, 0.05) is 10.9 Å². The van der Waals surface area contributed by atoms with E-state index in [9.17, 15) is 4.79 Å². The van der Waals surface area contributed by atoms with Gasteiger partial charge in [-0.3, -0.25) is 9.69 Å². The molecule has 20 heavy (non-hydrogen) atoms. The lowest BCUT2D eigenvalue weighted by Gasteiger charge is -2.32. The van der Waals surface area contributed by atoms with Crippen LogP contribution in [0.5, 0.6) is 0 Å². The number of thiocarbonyl (C=S) groups is 1. The Hall–Kier alpha value is -1.07. The highest BCUT2D eigenvalue weighted by Gasteiger charge is 2.28. The summed E-state index contributed by atoms with van der Waals surface area (Å²) >= 11 is 7.08. The fourth-order valence-corrected chi connectivity index (χ4v) is 4.07. The first-order valence-corrected chi connectivity index (χ1v) is 8.50. The standard InChI is InChI=1S/C15H18N2OS2/c18-14-10-20-13-9-5-4-8-12(13)17(14)15(19)16-11-6-2-1-3-7-11/h4-5,8-9,11H,1-3,6-7,10H2,(H,16,19). The quantitative estimate of drug-likeness (QED) is 0.807. The van der Waals surface area contributed by atoms with E-state index in [1.807, 2.05) is 24.3 Å². The number of nitrogens with one attached hydrogen (secondary N) is 1. The van der Waals surface area contributed by atoms with E-state index < -0.39 is 0 Å². The smallest absolute Gasteiger partial charge is 0.243 e. The molecule has 106 valence electrons. The van der Waals surface area contributed by atoms with Crippen LogP contribution in [-0.2, 0) is 4.79 Å². The Labute approximate surface area is 129 Å². The minimum absolute atomic E-state index is 0.0713. The summed E-state index contributed by atoms with van der Waals surface area (Å²) in [6, 6.07) is 8.38. The lowest BCUT2D eigenvalue weighted by molar-refractivity contribution is -0.115. The van der Waals surface area contributed by atoms with Crippen molar-refractivity contribution in [3.63, 3.8) is 0 Å². The molecule has 1 heterocycles. The Balaban J connectivity index is 1.78. The first kappa shape index (κ1) is 13.9. The van der Waals surface area contributed by atoms with Crippen LogP contribution >= 0.6 is 24.0 Å². The number of carbonyl (C=O) groups excluding carboxylic acids is 1. The average Bonchev–Trinajstić information content (AvgIpc) is 2.48. The Morgan fingerprint density at radius 3 is 2.80 bits per heavy atom. The van der Waals surface area contributed by atoms with Crippen LogP contribution < -0.4 is 10.2 Å². The van der Waals surface area contributed by atoms with E-state index >= 15 is 0 Å². The predicted octanol–water partition coefficient (Wildman–Crippen LogP) is 3.33. The third-order valence-electron chi connectivity index (χ3n) is 3.84. The minimum Gasteiger partial charge on any atom is -0.359 e. The summed E-state index contributed by atoms with van der Waals surface area (Å²) in [4.78, 5) is 15.0. The van der Waals surface area contributed by atoms with Gasteiger partial charge in [-0.25, -0.2) is 0 Å². The zero-order valence-corrected chi connectivity index (χ0v) is 12.9. The Morgan fingerprint density at radius 1 is 1.25 bits per heavy atom. The molecule has 5 heteroatoms. The molecule has 1 N–H and O–H groups in total. The minimum atomic E-state index is 0.0713. The number of hydrogen-bond donors (Lipinski definition) is 1. The number of para-hydroxylation sites is 1. The van der Waals surface area contributed by atoms with Crippen LogP contribution in [0.15, 0.2) is 29.2 Å². The van der Waals surface area contributed by atoms with Crippen LogP contribution in [0, 0.1) is 0 Å². The van der Waals surface area contributed by atoms with Crippen molar-refractivity contribution in [2.24, 2.45) is 0 Å². The molecule has 1 aliphatic heterocycles. The van der Waals surface area contributed by atoms with E-state index in [1.165, 1.54) is 19.3 Å². The number of rotatable bonds is 1. The van der Waals surface area contributed by atoms with Gasteiger partial charge in [0.1, 0.15) is 0 Å². The van der Waals surface area contributed by atoms with E-state index in [-0.39, 0.29) is 5.91 Å². The highest BCUT2D eigenvalue weighted by atomic mass is 32.2. The third kappa shape index (κ3) is 2.83. The average molecular weight is 306 g/mol. The number of benzene rings is 1. The third-order valence-corrected chi connectivity index (χ3v) is 5.19. The number of nitrogens with zero attached hydrogens (tertiary/aromatic N) is 1. The van der Waals surface area contributed by atoms with Crippen LogP contribution in [0.2, 0.25) is 0 Å². The van der Waals surface area contributed by atoms with Crippen molar-refractivity contribution in [2.45, 2.75) is 43.0 Å². The Bertz CT molecular complexity index is 526. The monoisotopic (exact) mass is 306 g/mol. The molecule has 3 nitrogen and oxygen atoms in total. The summed E-state index contributed by atoms with van der Waals surface area (Å²) in [5.41, 5.74) is 0.919. The van der Waals surface area contributed by atoms with Crippen LogP contribution in [0.3, 0.4) is 0 Å². The maximum absolute atomic E-state index is 12.2. The molecule has 1 aromatic carbocycles. The van der Waals surface area contributed by atoms with Crippen molar-refractivity contribution >= 4 is 40.7 Å². The van der Waals surface area contributed by atoms with Crippen molar-refractivity contribution in [3.8, 4) is 0 Å². The summed E-state index contributed by atoms with van der Waals surface area (Å²) in [6.07, 6.45) is 6.12. The molecule has 0 atom stereocenters. The van der Waals surface area contributed by atoms with Gasteiger partial charge in [-0.05, 0) is 37.2 Å². The molecule has 1 fully saturated rings. The maximum Gasteiger partial charge on any atom is 0.243 e. The van der Waals surface area contributed by atoms with Crippen molar-refractivity contribution in [1.29, 1.82) is 0 Å². The number of fused-ring (bicyclic) bond motifs is 1. The molecular weight excluding hydrogens is 288 g/mol. The molecule has 3 rings (SSSR count). The number of amides is 1. The Kier molecular flexibility index (Phi) is 4.27. The number of hydrogen-bond acceptors (Lipinski definition) is 3. The van der Waals surface area contributed by atoms with Gasteiger partial charge in [0.05, 0.1) is 11.4 Å². The van der Waals surface area contributed by atoms with Gasteiger partial charge in [0.15, 0.2) is 5.11 Å². The van der Waals surface area contributed by atoms with Crippen LogP contribution in [0.1, 0.15) is 32.1 Å². The maximum atomic E-state index is 12.2. The SMILES string of the molecule is O=C1CSc2ccccc2N1C(=S)NC1CCCCC1. The normalized spacial score (nSPS) is 19.6. The fourth-order valence-electron chi connectivity index (χ4n) is 2.81. The molecule has 0 spiro atoms. The molecule has 1 amide bonds. The van der Waals surface area contributed by atoms with E-state index in [4.69, 9.17) is 12.2 Å². The molecule has 0 unspecified atom stereocenters. The fraction of sp³-hybridized carbons (Fsp3) is 0.467. The van der Waals surface area contributed by atoms with Crippen molar-refractivity contribution in [1.82, 2.24) is 5.32 Å². The molecule has 0 saturated heterocycles. The first-order chi connectivity index (χ1) is 9.75. The predicted molar refractivity (Wildman–Crippen MR) is 87.3 cm³/mol. The van der Waals surface area contributed by atoms with E-state index in [0.717, 1.165) is 23.4 Å². The molecular formula is C15H18N2OS2. The molecule has 1 saturated carbocycles. The van der Waals surface area contributed by atoms with Crippen molar-refractivity contribution in [2.75, 3.05) is 10.7 Å². The van der Waals surface area contributed by atoms with Gasteiger partial charge in [-0.1, -0.05) is 31.4 Å². The van der Waals surface area contributed by atoms with Crippen molar-refractivity contribution in [3.05, 3.63) is 24.3 Å². The summed E-state index contributed by atoms with van der Waals surface area (Å²) in [5, 5.41) is 3.95. The summed E-state index contributed by atoms with van der Waals surface area (Å²) in [5.74, 6) is 0.533. The van der Waals surface area contributed by atoms with Gasteiger partial charge in [-0.15, -0.1) is 11.8 Å². The first-order valence-electron chi connectivity index (χ1n) is 7.11. The van der Waals surface area contributed by atoms with E-state index in [2.05, 4.69) is 5.32 Å². The zero-order valence-electron chi connectivity index (χ0n) is 11.3. The van der Waals surface area contributed by atoms with Gasteiger partial charge in [-0.2, -0.15) is 0 Å². The second-order valence-electron chi connectivity index (χ2n) is 5.27. The van der Waals surface area contributed by atoms with Gasteiger partial charge >= 0.3 is 0 Å². The highest BCUT2D eigenvalue weighted by Crippen LogP contribution is 2.35. The number of anilines is 1. The lowest BCUT2D eigenvalue weighted by Crippen LogP contribution is -2.49.